The number of fused-ring (bicyclic) bond motifs is 2. The SMILES string of the molecule is CCCC(=O)Nc1cncc(-c2cc3c(-c4cc5c(-c6ccccn6)cncc5[nH]4)n[nH]c3cn2)c1. The number of hydrogen-bond donors (Lipinski definition) is 3. The van der Waals surface area contributed by atoms with Gasteiger partial charge >= 0.3 is 0 Å². The predicted octanol–water partition coefficient (Wildman–Crippen LogP) is 5.36. The van der Waals surface area contributed by atoms with E-state index in [1.54, 1.807) is 31.0 Å². The normalized spacial score (nSPS) is 11.2. The average Bonchev–Trinajstić information content (AvgIpc) is 3.53. The van der Waals surface area contributed by atoms with Crippen LogP contribution in [0.1, 0.15) is 19.8 Å². The molecule has 0 unspecified atom stereocenters. The topological polar surface area (TPSA) is 125 Å². The molecule has 6 aromatic rings. The molecule has 0 saturated heterocycles. The number of nitrogens with one attached hydrogen (secondary N) is 3. The number of anilines is 1. The monoisotopic (exact) mass is 474 g/mol. The van der Waals surface area contributed by atoms with Crippen molar-refractivity contribution < 1.29 is 4.79 Å². The molecule has 0 radical (unpaired) electrons. The summed E-state index contributed by atoms with van der Waals surface area (Å²) >= 11 is 0. The Bertz CT molecular complexity index is 1700. The highest BCUT2D eigenvalue weighted by atomic mass is 16.1. The van der Waals surface area contributed by atoms with E-state index in [4.69, 9.17) is 0 Å². The van der Waals surface area contributed by atoms with Gasteiger partial charge in [0.15, 0.2) is 0 Å². The first-order valence-corrected chi connectivity index (χ1v) is 11.7. The Balaban J connectivity index is 1.40. The van der Waals surface area contributed by atoms with Crippen molar-refractivity contribution in [2.24, 2.45) is 0 Å². The molecule has 6 heterocycles. The molecule has 1 amide bonds. The molecule has 0 spiro atoms. The van der Waals surface area contributed by atoms with Crippen molar-refractivity contribution in [2.75, 3.05) is 5.32 Å². The maximum atomic E-state index is 12.0. The van der Waals surface area contributed by atoms with Gasteiger partial charge < -0.3 is 10.3 Å². The molecule has 0 fully saturated rings. The number of aromatic amines is 2. The summed E-state index contributed by atoms with van der Waals surface area (Å²) in [7, 11) is 0. The molecule has 9 nitrogen and oxygen atoms in total. The molecule has 0 atom stereocenters. The van der Waals surface area contributed by atoms with Crippen LogP contribution in [0.2, 0.25) is 0 Å². The molecule has 6 rings (SSSR count). The summed E-state index contributed by atoms with van der Waals surface area (Å²) in [5.74, 6) is -0.0321. The van der Waals surface area contributed by atoms with Gasteiger partial charge in [-0.15, -0.1) is 0 Å². The maximum absolute atomic E-state index is 12.0. The lowest BCUT2D eigenvalue weighted by Crippen LogP contribution is -2.10. The summed E-state index contributed by atoms with van der Waals surface area (Å²) in [5, 5.41) is 12.5. The molecule has 0 saturated carbocycles. The largest absolute Gasteiger partial charge is 0.352 e. The number of hydrogen-bond acceptors (Lipinski definition) is 6. The second kappa shape index (κ2) is 9.03. The second-order valence-electron chi connectivity index (χ2n) is 8.49. The van der Waals surface area contributed by atoms with Gasteiger partial charge in [-0.1, -0.05) is 13.0 Å². The van der Waals surface area contributed by atoms with Crippen LogP contribution in [0.25, 0.3) is 55.7 Å². The van der Waals surface area contributed by atoms with Crippen molar-refractivity contribution in [1.82, 2.24) is 35.1 Å². The van der Waals surface area contributed by atoms with Crippen molar-refractivity contribution >= 4 is 33.4 Å². The summed E-state index contributed by atoms with van der Waals surface area (Å²) in [6, 6.07) is 11.8. The van der Waals surface area contributed by atoms with Crippen molar-refractivity contribution in [3.05, 3.63) is 73.6 Å². The molecule has 3 N–H and O–H groups in total. The van der Waals surface area contributed by atoms with Crippen LogP contribution in [-0.4, -0.2) is 41.0 Å². The minimum Gasteiger partial charge on any atom is -0.352 e. The number of carbonyl (C=O) groups excluding carboxylic acids is 1. The Morgan fingerprint density at radius 1 is 0.917 bits per heavy atom. The third-order valence-corrected chi connectivity index (χ3v) is 5.98. The van der Waals surface area contributed by atoms with Crippen LogP contribution in [-0.2, 0) is 4.79 Å². The Hall–Kier alpha value is -4.92. The number of rotatable bonds is 6. The Kier molecular flexibility index (Phi) is 5.42. The predicted molar refractivity (Wildman–Crippen MR) is 139 cm³/mol. The summed E-state index contributed by atoms with van der Waals surface area (Å²) in [4.78, 5) is 33.2. The van der Waals surface area contributed by atoms with Gasteiger partial charge in [0.05, 0.1) is 52.4 Å². The molecule has 6 aromatic heterocycles. The standard InChI is InChI=1S/C27H22N8O/c1-2-5-26(36)32-17-8-16(11-28-12-17)22-10-19-25(15-31-22)34-35-27(19)23-9-18-20(13-29-14-24(18)33-23)21-6-3-4-7-30-21/h3-4,6-15,33H,2,5H2,1H3,(H,32,36)(H,34,35). The first kappa shape index (κ1) is 21.6. The lowest BCUT2D eigenvalue weighted by Gasteiger charge is -2.06. The van der Waals surface area contributed by atoms with E-state index >= 15 is 0 Å². The van der Waals surface area contributed by atoms with E-state index in [1.807, 2.05) is 43.5 Å². The van der Waals surface area contributed by atoms with Crippen LogP contribution in [0, 0.1) is 0 Å². The Morgan fingerprint density at radius 2 is 1.83 bits per heavy atom. The summed E-state index contributed by atoms with van der Waals surface area (Å²) in [6.45, 7) is 1.97. The summed E-state index contributed by atoms with van der Waals surface area (Å²) in [5.41, 5.74) is 7.34. The fraction of sp³-hybridized carbons (Fsp3) is 0.111. The average molecular weight is 475 g/mol. The van der Waals surface area contributed by atoms with Crippen molar-refractivity contribution in [2.45, 2.75) is 19.8 Å². The second-order valence-corrected chi connectivity index (χ2v) is 8.49. The Morgan fingerprint density at radius 3 is 2.69 bits per heavy atom. The molecule has 0 bridgehead atoms. The fourth-order valence-electron chi connectivity index (χ4n) is 4.28. The van der Waals surface area contributed by atoms with Crippen LogP contribution >= 0.6 is 0 Å². The molecule has 9 heteroatoms. The van der Waals surface area contributed by atoms with Crippen LogP contribution in [0.4, 0.5) is 5.69 Å². The van der Waals surface area contributed by atoms with Crippen LogP contribution < -0.4 is 5.32 Å². The van der Waals surface area contributed by atoms with Crippen LogP contribution in [0.5, 0.6) is 0 Å². The number of aromatic nitrogens is 7. The Labute approximate surface area is 206 Å². The zero-order chi connectivity index (χ0) is 24.5. The third-order valence-electron chi connectivity index (χ3n) is 5.98. The molecule has 0 aromatic carbocycles. The van der Waals surface area contributed by atoms with Crippen molar-refractivity contribution in [3.8, 4) is 33.9 Å². The first-order chi connectivity index (χ1) is 17.7. The van der Waals surface area contributed by atoms with E-state index in [9.17, 15) is 4.79 Å². The molecular weight excluding hydrogens is 452 g/mol. The van der Waals surface area contributed by atoms with E-state index in [1.165, 1.54) is 0 Å². The lowest BCUT2D eigenvalue weighted by atomic mass is 10.1. The van der Waals surface area contributed by atoms with Crippen LogP contribution in [0.15, 0.2) is 73.6 Å². The third kappa shape index (κ3) is 3.96. The summed E-state index contributed by atoms with van der Waals surface area (Å²) in [6.07, 6.45) is 11.8. The number of amides is 1. The number of H-pyrrole nitrogens is 2. The molecule has 0 aliphatic rings. The fourth-order valence-corrected chi connectivity index (χ4v) is 4.28. The lowest BCUT2D eigenvalue weighted by molar-refractivity contribution is -0.116. The first-order valence-electron chi connectivity index (χ1n) is 11.7. The van der Waals surface area contributed by atoms with Gasteiger partial charge in [-0.05, 0) is 36.8 Å². The van der Waals surface area contributed by atoms with E-state index in [0.29, 0.717) is 12.1 Å². The van der Waals surface area contributed by atoms with Gasteiger partial charge in [0.25, 0.3) is 0 Å². The molecule has 36 heavy (non-hydrogen) atoms. The van der Waals surface area contributed by atoms with E-state index in [0.717, 1.165) is 62.1 Å². The number of carbonyl (C=O) groups is 1. The van der Waals surface area contributed by atoms with Gasteiger partial charge in [0.2, 0.25) is 5.91 Å². The molecule has 0 aliphatic heterocycles. The smallest absolute Gasteiger partial charge is 0.224 e. The van der Waals surface area contributed by atoms with Gasteiger partial charge in [-0.2, -0.15) is 5.10 Å². The highest BCUT2D eigenvalue weighted by molar-refractivity contribution is 6.00. The highest BCUT2D eigenvalue weighted by Crippen LogP contribution is 2.33. The van der Waals surface area contributed by atoms with Gasteiger partial charge in [-0.3, -0.25) is 29.8 Å². The number of pyridine rings is 4. The number of nitrogens with zero attached hydrogens (tertiary/aromatic N) is 5. The van der Waals surface area contributed by atoms with E-state index in [2.05, 4.69) is 46.5 Å². The summed E-state index contributed by atoms with van der Waals surface area (Å²) < 4.78 is 0. The van der Waals surface area contributed by atoms with Crippen LogP contribution in [0.3, 0.4) is 0 Å². The van der Waals surface area contributed by atoms with Gasteiger partial charge in [-0.25, -0.2) is 0 Å². The zero-order valence-electron chi connectivity index (χ0n) is 19.5. The van der Waals surface area contributed by atoms with E-state index in [-0.39, 0.29) is 5.91 Å². The minimum atomic E-state index is -0.0321. The van der Waals surface area contributed by atoms with Crippen molar-refractivity contribution in [3.63, 3.8) is 0 Å². The maximum Gasteiger partial charge on any atom is 0.224 e. The van der Waals surface area contributed by atoms with E-state index < -0.39 is 0 Å². The zero-order valence-corrected chi connectivity index (χ0v) is 19.5. The van der Waals surface area contributed by atoms with Gasteiger partial charge in [0, 0.05) is 46.9 Å². The van der Waals surface area contributed by atoms with Crippen molar-refractivity contribution in [1.29, 1.82) is 0 Å². The minimum absolute atomic E-state index is 0.0321. The molecule has 176 valence electrons. The highest BCUT2D eigenvalue weighted by Gasteiger charge is 2.16. The van der Waals surface area contributed by atoms with Gasteiger partial charge in [0.1, 0.15) is 5.69 Å². The quantitative estimate of drug-likeness (QED) is 0.298. The molecular formula is C27H22N8O. The molecule has 0 aliphatic carbocycles.